The number of para-hydroxylation sites is 2. The Morgan fingerprint density at radius 2 is 1.13 bits per heavy atom. The standard InChI is InChI=1S/C24H19ClN4O3.C21H20Cl2N4O3/c25-19-14-8-7-13-18(19)20(15-21(30)31)26-24(32)22-27-23(16-9-3-1-4-10-16)29(28-22)17-11-5-2-6-12-17;1-3-17-25-20(26-27(17)19-14(22)5-4-6-15(19)23)21(30)24-16(11-18(28)29)13-9-7-12(2)8-10-13/h1-14,20H,15H2,(H,26,32)(H,30,31);4-10,16H,3,11H2,1-2H3,(H,24,30)(H,28,29)/t20-;16-/m00/s1. The Morgan fingerprint density at radius 3 is 1.73 bits per heavy atom. The van der Waals surface area contributed by atoms with Crippen molar-refractivity contribution in [2.75, 3.05) is 0 Å². The number of nitrogens with one attached hydrogen (secondary N) is 2. The zero-order valence-electron chi connectivity index (χ0n) is 33.2. The second kappa shape index (κ2) is 20.6. The molecular weight excluding hydrogens is 855 g/mol. The molecule has 0 saturated carbocycles. The van der Waals surface area contributed by atoms with E-state index in [0.717, 1.165) is 16.8 Å². The molecule has 14 nitrogen and oxygen atoms in total. The molecule has 5 aromatic carbocycles. The molecule has 17 heteroatoms. The Morgan fingerprint density at radius 1 is 0.613 bits per heavy atom. The van der Waals surface area contributed by atoms with Crippen LogP contribution in [0.1, 0.15) is 75.6 Å². The van der Waals surface area contributed by atoms with E-state index in [-0.39, 0.29) is 24.5 Å². The van der Waals surface area contributed by atoms with Gasteiger partial charge in [0.05, 0.1) is 40.7 Å². The van der Waals surface area contributed by atoms with Crippen molar-refractivity contribution in [2.24, 2.45) is 0 Å². The summed E-state index contributed by atoms with van der Waals surface area (Å²) in [5.41, 5.74) is 4.19. The van der Waals surface area contributed by atoms with Crippen molar-refractivity contribution in [3.8, 4) is 22.8 Å². The predicted octanol–water partition coefficient (Wildman–Crippen LogP) is 8.92. The highest BCUT2D eigenvalue weighted by atomic mass is 35.5. The number of hydrogen-bond donors (Lipinski definition) is 4. The second-order valence-corrected chi connectivity index (χ2v) is 15.0. The van der Waals surface area contributed by atoms with Gasteiger partial charge >= 0.3 is 11.9 Å². The first kappa shape index (κ1) is 44.7. The summed E-state index contributed by atoms with van der Waals surface area (Å²) in [6, 6.07) is 36.3. The summed E-state index contributed by atoms with van der Waals surface area (Å²) >= 11 is 18.8. The topological polar surface area (TPSA) is 194 Å². The third-order valence-electron chi connectivity index (χ3n) is 9.31. The number of aromatic nitrogens is 6. The van der Waals surface area contributed by atoms with Gasteiger partial charge in [0.25, 0.3) is 11.8 Å². The number of hydrogen-bond acceptors (Lipinski definition) is 8. The summed E-state index contributed by atoms with van der Waals surface area (Å²) < 4.78 is 3.03. The van der Waals surface area contributed by atoms with Crippen LogP contribution < -0.4 is 10.6 Å². The number of aryl methyl sites for hydroxylation is 2. The monoisotopic (exact) mass is 892 g/mol. The number of amides is 2. The maximum Gasteiger partial charge on any atom is 0.305 e. The average molecular weight is 894 g/mol. The van der Waals surface area contributed by atoms with Crippen LogP contribution in [0, 0.1) is 6.92 Å². The lowest BCUT2D eigenvalue weighted by Crippen LogP contribution is -2.31. The van der Waals surface area contributed by atoms with Crippen LogP contribution in [0.3, 0.4) is 0 Å². The third-order valence-corrected chi connectivity index (χ3v) is 10.3. The van der Waals surface area contributed by atoms with E-state index in [9.17, 15) is 29.4 Å². The first-order chi connectivity index (χ1) is 29.8. The molecule has 0 unspecified atom stereocenters. The molecule has 7 rings (SSSR count). The van der Waals surface area contributed by atoms with Crippen LogP contribution in [-0.4, -0.2) is 63.5 Å². The lowest BCUT2D eigenvalue weighted by molar-refractivity contribution is -0.138. The number of rotatable bonds is 14. The smallest absolute Gasteiger partial charge is 0.305 e. The zero-order valence-corrected chi connectivity index (χ0v) is 35.5. The summed E-state index contributed by atoms with van der Waals surface area (Å²) in [6.45, 7) is 3.80. The molecule has 7 aromatic rings. The highest BCUT2D eigenvalue weighted by Crippen LogP contribution is 2.30. The van der Waals surface area contributed by atoms with E-state index in [1.54, 1.807) is 59.3 Å². The van der Waals surface area contributed by atoms with Gasteiger partial charge in [0.15, 0.2) is 5.82 Å². The van der Waals surface area contributed by atoms with Gasteiger partial charge in [0, 0.05) is 17.0 Å². The van der Waals surface area contributed by atoms with E-state index < -0.39 is 35.8 Å². The number of carboxylic acid groups (broad SMARTS) is 2. The van der Waals surface area contributed by atoms with Gasteiger partial charge in [0.1, 0.15) is 11.5 Å². The van der Waals surface area contributed by atoms with Gasteiger partial charge in [-0.25, -0.2) is 19.3 Å². The molecule has 0 aliphatic heterocycles. The summed E-state index contributed by atoms with van der Waals surface area (Å²) in [4.78, 5) is 57.4. The molecular formula is C45H39Cl3N8O6. The molecule has 2 heterocycles. The van der Waals surface area contributed by atoms with Gasteiger partial charge in [-0.3, -0.25) is 19.2 Å². The number of carboxylic acids is 2. The SMILES string of the molecule is CCc1nc(C(=O)N[C@@H](CC(=O)O)c2ccc(C)cc2)nn1-c1c(Cl)cccc1Cl.O=C(O)C[C@H](NC(=O)c1nc(-c2ccccc2)n(-c2ccccc2)n1)c1ccccc1Cl. The maximum atomic E-state index is 13.1. The molecule has 4 N–H and O–H groups in total. The van der Waals surface area contributed by atoms with E-state index in [1.165, 1.54) is 4.68 Å². The van der Waals surface area contributed by atoms with Crippen LogP contribution in [-0.2, 0) is 16.0 Å². The first-order valence-corrected chi connectivity index (χ1v) is 20.3. The summed E-state index contributed by atoms with van der Waals surface area (Å²) in [5.74, 6) is -2.45. The van der Waals surface area contributed by atoms with Crippen molar-refractivity contribution in [1.82, 2.24) is 40.2 Å². The fourth-order valence-corrected chi connectivity index (χ4v) is 7.14. The molecule has 62 heavy (non-hydrogen) atoms. The normalized spacial score (nSPS) is 11.8. The van der Waals surface area contributed by atoms with Crippen molar-refractivity contribution < 1.29 is 29.4 Å². The van der Waals surface area contributed by atoms with Gasteiger partial charge in [-0.05, 0) is 48.4 Å². The Balaban J connectivity index is 0.000000207. The minimum Gasteiger partial charge on any atom is -0.481 e. The third kappa shape index (κ3) is 11.1. The van der Waals surface area contributed by atoms with Gasteiger partial charge in [0.2, 0.25) is 11.6 Å². The Hall–Kier alpha value is -6.87. The van der Waals surface area contributed by atoms with Crippen molar-refractivity contribution in [3.05, 3.63) is 177 Å². The minimum atomic E-state index is -1.07. The lowest BCUT2D eigenvalue weighted by Gasteiger charge is -2.17. The number of carbonyl (C=O) groups is 4. The van der Waals surface area contributed by atoms with Crippen molar-refractivity contribution >= 4 is 58.6 Å². The Bertz CT molecular complexity index is 2610. The van der Waals surface area contributed by atoms with Crippen LogP contribution in [0.4, 0.5) is 0 Å². The molecule has 0 aliphatic rings. The number of carbonyl (C=O) groups excluding carboxylic acids is 2. The van der Waals surface area contributed by atoms with E-state index in [1.807, 2.05) is 86.6 Å². The summed E-state index contributed by atoms with van der Waals surface area (Å²) in [7, 11) is 0. The van der Waals surface area contributed by atoms with E-state index in [2.05, 4.69) is 30.8 Å². The molecule has 2 amide bonds. The average Bonchev–Trinajstić information content (AvgIpc) is 3.90. The predicted molar refractivity (Wildman–Crippen MR) is 235 cm³/mol. The van der Waals surface area contributed by atoms with Crippen LogP contribution in [0.5, 0.6) is 0 Å². The van der Waals surface area contributed by atoms with Gasteiger partial charge in [-0.15, -0.1) is 10.2 Å². The zero-order chi connectivity index (χ0) is 44.3. The lowest BCUT2D eigenvalue weighted by atomic mass is 10.0. The van der Waals surface area contributed by atoms with Gasteiger partial charge < -0.3 is 20.8 Å². The summed E-state index contributed by atoms with van der Waals surface area (Å²) in [5, 5.41) is 33.9. The Kier molecular flexibility index (Phi) is 14.8. The minimum absolute atomic E-state index is 0.0739. The van der Waals surface area contributed by atoms with Crippen molar-refractivity contribution in [3.63, 3.8) is 0 Å². The molecule has 0 aliphatic carbocycles. The number of benzene rings is 5. The summed E-state index contributed by atoms with van der Waals surface area (Å²) in [6.07, 6.45) is -0.120. The van der Waals surface area contributed by atoms with Gasteiger partial charge in [-0.1, -0.05) is 144 Å². The maximum absolute atomic E-state index is 13.1. The molecule has 2 aromatic heterocycles. The number of nitrogens with zero attached hydrogens (tertiary/aromatic N) is 6. The molecule has 0 saturated heterocycles. The molecule has 0 bridgehead atoms. The van der Waals surface area contributed by atoms with Crippen molar-refractivity contribution in [1.29, 1.82) is 0 Å². The second-order valence-electron chi connectivity index (χ2n) is 13.7. The van der Waals surface area contributed by atoms with Crippen molar-refractivity contribution in [2.45, 2.75) is 45.2 Å². The molecule has 0 radical (unpaired) electrons. The number of aliphatic carboxylic acids is 2. The fraction of sp³-hybridized carbons (Fsp3) is 0.156. The molecule has 0 fully saturated rings. The van der Waals surface area contributed by atoms with E-state index in [0.29, 0.717) is 50.0 Å². The van der Waals surface area contributed by atoms with Crippen LogP contribution in [0.2, 0.25) is 15.1 Å². The van der Waals surface area contributed by atoms with Crippen LogP contribution in [0.25, 0.3) is 22.8 Å². The van der Waals surface area contributed by atoms with Crippen LogP contribution >= 0.6 is 34.8 Å². The van der Waals surface area contributed by atoms with E-state index >= 15 is 0 Å². The largest absolute Gasteiger partial charge is 0.481 e. The van der Waals surface area contributed by atoms with E-state index in [4.69, 9.17) is 34.8 Å². The van der Waals surface area contributed by atoms with Crippen LogP contribution in [0.15, 0.2) is 127 Å². The van der Waals surface area contributed by atoms with Gasteiger partial charge in [-0.2, -0.15) is 0 Å². The molecule has 0 spiro atoms. The molecule has 316 valence electrons. The fourth-order valence-electron chi connectivity index (χ4n) is 6.31. The number of halogens is 3. The quantitative estimate of drug-likeness (QED) is 0.0819. The molecule has 2 atom stereocenters. The first-order valence-electron chi connectivity index (χ1n) is 19.2. The highest BCUT2D eigenvalue weighted by Gasteiger charge is 2.26. The highest BCUT2D eigenvalue weighted by molar-refractivity contribution is 6.37. The Labute approximate surface area is 371 Å².